The van der Waals surface area contributed by atoms with Crippen LogP contribution in [0.4, 0.5) is 0 Å². The summed E-state index contributed by atoms with van der Waals surface area (Å²) in [6.07, 6.45) is 5.14. The van der Waals surface area contributed by atoms with Gasteiger partial charge in [-0.15, -0.1) is 11.8 Å². The molecule has 120 valence electrons. The number of carbonyl (C=O) groups excluding carboxylic acids is 2. The zero-order valence-corrected chi connectivity index (χ0v) is 14.6. The van der Waals surface area contributed by atoms with E-state index in [-0.39, 0.29) is 5.91 Å². The van der Waals surface area contributed by atoms with E-state index in [1.54, 1.807) is 29.6 Å². The minimum atomic E-state index is -0.627. The number of thioether (sulfide) groups is 2. The van der Waals surface area contributed by atoms with E-state index in [0.717, 1.165) is 16.2 Å². The van der Waals surface area contributed by atoms with Crippen LogP contribution in [0.15, 0.2) is 30.3 Å². The fourth-order valence-electron chi connectivity index (χ4n) is 1.63. The lowest BCUT2D eigenvalue weighted by molar-refractivity contribution is -0.143. The second-order valence-electron chi connectivity index (χ2n) is 4.61. The third kappa shape index (κ3) is 7.04. The number of nitrogens with one attached hydrogen (secondary N) is 1. The molecule has 1 unspecified atom stereocenters. The smallest absolute Gasteiger partial charge is 0.329 e. The van der Waals surface area contributed by atoms with E-state index in [1.165, 1.54) is 13.2 Å². The van der Waals surface area contributed by atoms with Gasteiger partial charge in [-0.05, 0) is 24.8 Å². The highest BCUT2D eigenvalue weighted by Crippen LogP contribution is 2.11. The zero-order valence-electron chi connectivity index (χ0n) is 13.0. The molecule has 0 fully saturated rings. The van der Waals surface area contributed by atoms with Gasteiger partial charge in [-0.2, -0.15) is 11.8 Å². The van der Waals surface area contributed by atoms with Crippen LogP contribution in [-0.4, -0.2) is 42.1 Å². The van der Waals surface area contributed by atoms with Gasteiger partial charge in [0.2, 0.25) is 5.91 Å². The molecule has 0 aromatic heterocycles. The Morgan fingerprint density at radius 3 is 2.59 bits per heavy atom. The van der Waals surface area contributed by atoms with Crippen LogP contribution in [0.5, 0.6) is 0 Å². The van der Waals surface area contributed by atoms with Gasteiger partial charge in [-0.25, -0.2) is 4.79 Å². The molecule has 0 radical (unpaired) electrons. The number of hydrogen-bond donors (Lipinski definition) is 1. The molecule has 0 saturated carbocycles. The van der Waals surface area contributed by atoms with Crippen molar-refractivity contribution in [1.82, 2.24) is 5.32 Å². The summed E-state index contributed by atoms with van der Waals surface area (Å²) in [6.45, 7) is 2.01. The molecular formula is C16H21NO3S2. The van der Waals surface area contributed by atoms with Gasteiger partial charge in [0, 0.05) is 16.9 Å². The van der Waals surface area contributed by atoms with Crippen molar-refractivity contribution >= 4 is 41.5 Å². The third-order valence-electron chi connectivity index (χ3n) is 2.79. The van der Waals surface area contributed by atoms with Crippen LogP contribution in [0, 0.1) is 6.92 Å². The van der Waals surface area contributed by atoms with Crippen LogP contribution in [0.2, 0.25) is 0 Å². The Labute approximate surface area is 140 Å². The number of amides is 1. The molecule has 0 saturated heterocycles. The number of aryl methyl sites for hydroxylation is 1. The zero-order chi connectivity index (χ0) is 16.4. The van der Waals surface area contributed by atoms with Crippen LogP contribution in [-0.2, 0) is 14.3 Å². The normalized spacial score (nSPS) is 12.1. The molecule has 22 heavy (non-hydrogen) atoms. The van der Waals surface area contributed by atoms with Gasteiger partial charge in [-0.1, -0.05) is 29.8 Å². The monoisotopic (exact) mass is 339 g/mol. The van der Waals surface area contributed by atoms with E-state index in [9.17, 15) is 9.59 Å². The summed E-state index contributed by atoms with van der Waals surface area (Å²) in [4.78, 5) is 23.6. The predicted molar refractivity (Wildman–Crippen MR) is 95.0 cm³/mol. The summed E-state index contributed by atoms with van der Waals surface area (Å²) in [5, 5.41) is 3.54. The molecule has 1 N–H and O–H groups in total. The van der Waals surface area contributed by atoms with Crippen molar-refractivity contribution in [2.75, 3.05) is 24.2 Å². The summed E-state index contributed by atoms with van der Waals surface area (Å²) in [6, 6.07) is 7.20. The molecule has 1 atom stereocenters. The quantitative estimate of drug-likeness (QED) is 0.342. The van der Waals surface area contributed by atoms with Crippen LogP contribution in [0.25, 0.3) is 6.08 Å². The lowest BCUT2D eigenvalue weighted by Gasteiger charge is -2.14. The van der Waals surface area contributed by atoms with Gasteiger partial charge in [0.05, 0.1) is 7.11 Å². The van der Waals surface area contributed by atoms with Gasteiger partial charge in [0.15, 0.2) is 0 Å². The number of carbonyl (C=O) groups is 2. The first-order valence-corrected chi connectivity index (χ1v) is 9.31. The highest BCUT2D eigenvalue weighted by molar-refractivity contribution is 8.15. The number of methoxy groups -OCH3 is 1. The summed E-state index contributed by atoms with van der Waals surface area (Å²) in [5.74, 6) is -0.233. The number of benzene rings is 1. The molecule has 1 amide bonds. The fourth-order valence-corrected chi connectivity index (χ4v) is 3.14. The van der Waals surface area contributed by atoms with Crippen LogP contribution < -0.4 is 5.32 Å². The molecule has 4 nitrogen and oxygen atoms in total. The van der Waals surface area contributed by atoms with Gasteiger partial charge >= 0.3 is 5.97 Å². The number of rotatable bonds is 8. The first kappa shape index (κ1) is 18.6. The summed E-state index contributed by atoms with van der Waals surface area (Å²) >= 11 is 3.26. The molecule has 0 aliphatic heterocycles. The molecule has 0 bridgehead atoms. The summed E-state index contributed by atoms with van der Waals surface area (Å²) in [7, 11) is 1.32. The van der Waals surface area contributed by atoms with Crippen molar-refractivity contribution in [3.05, 3.63) is 41.5 Å². The topological polar surface area (TPSA) is 55.4 Å². The van der Waals surface area contributed by atoms with E-state index >= 15 is 0 Å². The molecule has 1 rings (SSSR count). The number of ether oxygens (including phenoxy) is 1. The molecule has 0 heterocycles. The van der Waals surface area contributed by atoms with Gasteiger partial charge < -0.3 is 10.1 Å². The maximum atomic E-state index is 11.9. The van der Waals surface area contributed by atoms with Crippen molar-refractivity contribution < 1.29 is 14.3 Å². The Balaban J connectivity index is 2.57. The largest absolute Gasteiger partial charge is 0.467 e. The minimum absolute atomic E-state index is 0.305. The molecule has 0 spiro atoms. The molecule has 0 aliphatic carbocycles. The van der Waals surface area contributed by atoms with Gasteiger partial charge in [-0.3, -0.25) is 4.79 Å². The van der Waals surface area contributed by atoms with Crippen LogP contribution in [0.3, 0.4) is 0 Å². The maximum absolute atomic E-state index is 11.9. The van der Waals surface area contributed by atoms with Crippen molar-refractivity contribution in [2.45, 2.75) is 13.0 Å². The molecule has 1 aromatic carbocycles. The number of esters is 1. The number of hydrogen-bond acceptors (Lipinski definition) is 5. The highest BCUT2D eigenvalue weighted by Gasteiger charge is 2.20. The lowest BCUT2D eigenvalue weighted by atomic mass is 10.1. The second-order valence-corrected chi connectivity index (χ2v) is 6.87. The van der Waals surface area contributed by atoms with E-state index in [0.29, 0.717) is 5.75 Å². The van der Waals surface area contributed by atoms with Crippen LogP contribution >= 0.6 is 23.5 Å². The van der Waals surface area contributed by atoms with Crippen LogP contribution in [0.1, 0.15) is 11.1 Å². The van der Waals surface area contributed by atoms with Crippen molar-refractivity contribution in [3.8, 4) is 0 Å². The summed E-state index contributed by atoms with van der Waals surface area (Å²) < 4.78 is 4.72. The highest BCUT2D eigenvalue weighted by atomic mass is 32.2. The first-order chi connectivity index (χ1) is 10.6. The van der Waals surface area contributed by atoms with E-state index in [1.807, 2.05) is 37.4 Å². The maximum Gasteiger partial charge on any atom is 0.329 e. The van der Waals surface area contributed by atoms with Gasteiger partial charge in [0.1, 0.15) is 6.04 Å². The minimum Gasteiger partial charge on any atom is -0.467 e. The third-order valence-corrected chi connectivity index (χ3v) is 4.97. The fraction of sp³-hybridized carbons (Fsp3) is 0.375. The average Bonchev–Trinajstić information content (AvgIpc) is 2.53. The van der Waals surface area contributed by atoms with E-state index < -0.39 is 12.0 Å². The average molecular weight is 339 g/mol. The van der Waals surface area contributed by atoms with Crippen molar-refractivity contribution in [1.29, 1.82) is 0 Å². The Bertz CT molecular complexity index is 515. The second kappa shape index (κ2) is 10.3. The van der Waals surface area contributed by atoms with Gasteiger partial charge in [0.25, 0.3) is 0 Å². The molecule has 1 aromatic rings. The molecule has 0 aliphatic rings. The van der Waals surface area contributed by atoms with Crippen molar-refractivity contribution in [2.24, 2.45) is 0 Å². The lowest BCUT2D eigenvalue weighted by Crippen LogP contribution is -2.42. The molecule has 6 heteroatoms. The Morgan fingerprint density at radius 2 is 2.00 bits per heavy atom. The molecular weight excluding hydrogens is 318 g/mol. The Kier molecular flexibility index (Phi) is 8.77. The standard InChI is InChI=1S/C16H21NO3S2/c1-12-4-6-13(7-5-12)8-9-15(18)17-14(16(19)20-2)10-22-11-21-3/h4-9,14H,10-11H2,1-3H3,(H,17,18)/b9-8+. The Hall–Kier alpha value is -1.40. The Morgan fingerprint density at radius 1 is 1.32 bits per heavy atom. The SMILES string of the molecule is COC(=O)C(CSCSC)NC(=O)/C=C/c1ccc(C)cc1. The van der Waals surface area contributed by atoms with E-state index in [4.69, 9.17) is 4.74 Å². The predicted octanol–water partition coefficient (Wildman–Crippen LogP) is 2.72. The van der Waals surface area contributed by atoms with E-state index in [2.05, 4.69) is 5.32 Å². The van der Waals surface area contributed by atoms with Crippen molar-refractivity contribution in [3.63, 3.8) is 0 Å². The first-order valence-electron chi connectivity index (χ1n) is 6.76. The summed E-state index contributed by atoms with van der Waals surface area (Å²) in [5.41, 5.74) is 2.10.